The molecule has 1 atom stereocenters. The van der Waals surface area contributed by atoms with Crippen molar-refractivity contribution in [1.82, 2.24) is 0 Å². The van der Waals surface area contributed by atoms with Crippen LogP contribution in [-0.2, 0) is 0 Å². The third-order valence-electron chi connectivity index (χ3n) is 3.01. The number of carbonyl (C=O) groups is 1. The maximum atomic E-state index is 12.5. The van der Waals surface area contributed by atoms with E-state index in [0.29, 0.717) is 5.56 Å². The number of hydrogen-bond donors (Lipinski definition) is 0. The van der Waals surface area contributed by atoms with Crippen LogP contribution in [0.3, 0.4) is 0 Å². The van der Waals surface area contributed by atoms with Crippen LogP contribution in [0.5, 0.6) is 0 Å². The summed E-state index contributed by atoms with van der Waals surface area (Å²) in [4.78, 5) is 12.5. The normalized spacial score (nSPS) is 11.7. The Hall–Kier alpha value is -1.82. The standard InChI is InChI=1S/C16H11Cl2NO/c1-10-5-7-11(8-6-10)12(9-19)16(20)15-13(17)3-2-4-14(15)18/h2-8,12H,1H3. The Bertz CT molecular complexity index is 666. The first-order valence-corrected chi connectivity index (χ1v) is 6.74. The van der Waals surface area contributed by atoms with Crippen molar-refractivity contribution in [2.24, 2.45) is 0 Å². The van der Waals surface area contributed by atoms with Gasteiger partial charge in [-0.15, -0.1) is 0 Å². The first-order chi connectivity index (χ1) is 9.54. The van der Waals surface area contributed by atoms with Crippen molar-refractivity contribution in [3.63, 3.8) is 0 Å². The number of hydrogen-bond acceptors (Lipinski definition) is 2. The van der Waals surface area contributed by atoms with Crippen molar-refractivity contribution in [2.75, 3.05) is 0 Å². The van der Waals surface area contributed by atoms with Crippen molar-refractivity contribution in [2.45, 2.75) is 12.8 Å². The van der Waals surface area contributed by atoms with Crippen LogP contribution in [-0.4, -0.2) is 5.78 Å². The Morgan fingerprint density at radius 3 is 2.15 bits per heavy atom. The van der Waals surface area contributed by atoms with Gasteiger partial charge >= 0.3 is 0 Å². The van der Waals surface area contributed by atoms with Crippen LogP contribution >= 0.6 is 23.2 Å². The van der Waals surface area contributed by atoms with Crippen LogP contribution in [0, 0.1) is 18.3 Å². The molecule has 0 N–H and O–H groups in total. The number of carbonyl (C=O) groups excluding carboxylic acids is 1. The fourth-order valence-corrected chi connectivity index (χ4v) is 2.50. The van der Waals surface area contributed by atoms with Gasteiger partial charge in [0.2, 0.25) is 0 Å². The summed E-state index contributed by atoms with van der Waals surface area (Å²) >= 11 is 12.0. The second-order valence-corrected chi connectivity index (χ2v) is 5.25. The van der Waals surface area contributed by atoms with Crippen molar-refractivity contribution in [3.8, 4) is 6.07 Å². The number of ketones is 1. The van der Waals surface area contributed by atoms with Crippen LogP contribution in [0.2, 0.25) is 10.0 Å². The molecular formula is C16H11Cl2NO. The van der Waals surface area contributed by atoms with Crippen molar-refractivity contribution >= 4 is 29.0 Å². The summed E-state index contributed by atoms with van der Waals surface area (Å²) in [6.07, 6.45) is 0. The molecule has 0 aliphatic heterocycles. The van der Waals surface area contributed by atoms with Gasteiger partial charge in [-0.2, -0.15) is 5.26 Å². The fourth-order valence-electron chi connectivity index (χ4n) is 1.92. The van der Waals surface area contributed by atoms with Gasteiger partial charge in [0.15, 0.2) is 5.78 Å². The number of Topliss-reactive ketones (excluding diaryl/α,β-unsaturated/α-hetero) is 1. The van der Waals surface area contributed by atoms with Gasteiger partial charge in [0, 0.05) is 0 Å². The summed E-state index contributed by atoms with van der Waals surface area (Å²) in [5, 5.41) is 9.82. The molecule has 0 saturated carbocycles. The minimum atomic E-state index is -0.909. The zero-order valence-electron chi connectivity index (χ0n) is 10.7. The monoisotopic (exact) mass is 303 g/mol. The maximum absolute atomic E-state index is 12.5. The van der Waals surface area contributed by atoms with Gasteiger partial charge in [-0.05, 0) is 24.6 Å². The lowest BCUT2D eigenvalue weighted by molar-refractivity contribution is 0.0979. The third kappa shape index (κ3) is 2.85. The van der Waals surface area contributed by atoms with Gasteiger partial charge in [0.25, 0.3) is 0 Å². The number of rotatable bonds is 3. The average molecular weight is 304 g/mol. The largest absolute Gasteiger partial charge is 0.292 e. The van der Waals surface area contributed by atoms with E-state index in [0.717, 1.165) is 5.56 Å². The Morgan fingerprint density at radius 2 is 1.65 bits per heavy atom. The van der Waals surface area contributed by atoms with E-state index in [2.05, 4.69) is 0 Å². The Balaban J connectivity index is 2.45. The second-order valence-electron chi connectivity index (χ2n) is 4.43. The lowest BCUT2D eigenvalue weighted by atomic mass is 9.91. The van der Waals surface area contributed by atoms with Gasteiger partial charge in [0.05, 0.1) is 21.7 Å². The van der Waals surface area contributed by atoms with Crippen LogP contribution in [0.1, 0.15) is 27.4 Å². The highest BCUT2D eigenvalue weighted by Gasteiger charge is 2.25. The molecule has 0 heterocycles. The summed E-state index contributed by atoms with van der Waals surface area (Å²) in [6, 6.07) is 14.1. The number of aryl methyl sites for hydroxylation is 1. The van der Waals surface area contributed by atoms with Gasteiger partial charge in [-0.3, -0.25) is 4.79 Å². The molecule has 2 aromatic rings. The zero-order chi connectivity index (χ0) is 14.7. The first-order valence-electron chi connectivity index (χ1n) is 5.99. The molecule has 0 saturated heterocycles. The number of nitriles is 1. The first kappa shape index (κ1) is 14.6. The Morgan fingerprint density at radius 1 is 1.10 bits per heavy atom. The molecular weight excluding hydrogens is 293 g/mol. The third-order valence-corrected chi connectivity index (χ3v) is 3.64. The van der Waals surface area contributed by atoms with E-state index >= 15 is 0 Å². The molecule has 0 aliphatic rings. The highest BCUT2D eigenvalue weighted by molar-refractivity contribution is 6.40. The summed E-state index contributed by atoms with van der Waals surface area (Å²) in [5.74, 6) is -1.29. The molecule has 2 aromatic carbocycles. The van der Waals surface area contributed by atoms with E-state index in [4.69, 9.17) is 23.2 Å². The van der Waals surface area contributed by atoms with E-state index in [1.54, 1.807) is 30.3 Å². The van der Waals surface area contributed by atoms with Gasteiger partial charge in [-0.25, -0.2) is 0 Å². The van der Waals surface area contributed by atoms with Gasteiger partial charge in [0.1, 0.15) is 5.92 Å². The minimum absolute atomic E-state index is 0.197. The second kappa shape index (κ2) is 6.09. The predicted octanol–water partition coefficient (Wildman–Crippen LogP) is 4.79. The smallest absolute Gasteiger partial charge is 0.187 e. The molecule has 2 rings (SSSR count). The molecule has 0 amide bonds. The zero-order valence-corrected chi connectivity index (χ0v) is 12.2. The number of halogens is 2. The molecule has 4 heteroatoms. The SMILES string of the molecule is Cc1ccc(C(C#N)C(=O)c2c(Cl)cccc2Cl)cc1. The lowest BCUT2D eigenvalue weighted by Crippen LogP contribution is -2.12. The van der Waals surface area contributed by atoms with E-state index < -0.39 is 5.92 Å². The van der Waals surface area contributed by atoms with E-state index in [-0.39, 0.29) is 21.4 Å². The molecule has 0 bridgehead atoms. The Kier molecular flexibility index (Phi) is 4.44. The van der Waals surface area contributed by atoms with E-state index in [9.17, 15) is 10.1 Å². The summed E-state index contributed by atoms with van der Waals surface area (Å²) in [5.41, 5.74) is 1.90. The maximum Gasteiger partial charge on any atom is 0.187 e. The quantitative estimate of drug-likeness (QED) is 0.765. The molecule has 100 valence electrons. The highest BCUT2D eigenvalue weighted by Crippen LogP contribution is 2.30. The highest BCUT2D eigenvalue weighted by atomic mass is 35.5. The fraction of sp³-hybridized carbons (Fsp3) is 0.125. The molecule has 0 aliphatic carbocycles. The minimum Gasteiger partial charge on any atom is -0.292 e. The molecule has 20 heavy (non-hydrogen) atoms. The molecule has 0 aromatic heterocycles. The van der Waals surface area contributed by atoms with Crippen LogP contribution in [0.15, 0.2) is 42.5 Å². The topological polar surface area (TPSA) is 40.9 Å². The number of benzene rings is 2. The summed E-state index contributed by atoms with van der Waals surface area (Å²) in [6.45, 7) is 1.94. The van der Waals surface area contributed by atoms with Gasteiger partial charge < -0.3 is 0 Å². The molecule has 2 nitrogen and oxygen atoms in total. The summed E-state index contributed by atoms with van der Waals surface area (Å²) in [7, 11) is 0. The molecule has 0 radical (unpaired) electrons. The van der Waals surface area contributed by atoms with Gasteiger partial charge in [-0.1, -0.05) is 59.1 Å². The Labute approximate surface area is 127 Å². The summed E-state index contributed by atoms with van der Waals surface area (Å²) < 4.78 is 0. The lowest BCUT2D eigenvalue weighted by Gasteiger charge is -2.11. The van der Waals surface area contributed by atoms with Crippen molar-refractivity contribution in [3.05, 3.63) is 69.2 Å². The van der Waals surface area contributed by atoms with Crippen LogP contribution in [0.4, 0.5) is 0 Å². The number of nitrogens with zero attached hydrogens (tertiary/aromatic N) is 1. The van der Waals surface area contributed by atoms with E-state index in [1.165, 1.54) is 0 Å². The van der Waals surface area contributed by atoms with Crippen LogP contribution < -0.4 is 0 Å². The molecule has 0 fully saturated rings. The van der Waals surface area contributed by atoms with Crippen LogP contribution in [0.25, 0.3) is 0 Å². The van der Waals surface area contributed by atoms with E-state index in [1.807, 2.05) is 25.1 Å². The molecule has 1 unspecified atom stereocenters. The van der Waals surface area contributed by atoms with Crippen molar-refractivity contribution in [1.29, 1.82) is 5.26 Å². The van der Waals surface area contributed by atoms with Crippen molar-refractivity contribution < 1.29 is 4.79 Å². The molecule has 0 spiro atoms. The predicted molar refractivity (Wildman–Crippen MR) is 80.3 cm³/mol. The average Bonchev–Trinajstić information content (AvgIpc) is 2.41.